The molecule has 1 aliphatic heterocycles. The predicted octanol–water partition coefficient (Wildman–Crippen LogP) is 0.628. The summed E-state index contributed by atoms with van der Waals surface area (Å²) in [7, 11) is 0. The second kappa shape index (κ2) is 2.35. The van der Waals surface area contributed by atoms with Crippen LogP contribution in [0.1, 0.15) is 19.8 Å². The Bertz CT molecular complexity index is 305. The number of hydrogen-bond acceptors (Lipinski definition) is 3. The van der Waals surface area contributed by atoms with Crippen LogP contribution in [0.2, 0.25) is 0 Å². The molecular weight excluding hydrogens is 162 g/mol. The zero-order valence-corrected chi connectivity index (χ0v) is 7.83. The molecule has 1 fully saturated rings. The van der Waals surface area contributed by atoms with Gasteiger partial charge < -0.3 is 11.2 Å². The first-order valence-corrected chi connectivity index (χ1v) is 5.05. The Morgan fingerprint density at radius 2 is 2.38 bits per heavy atom. The van der Waals surface area contributed by atoms with E-state index in [0.717, 1.165) is 5.92 Å². The molecule has 13 heavy (non-hydrogen) atoms. The van der Waals surface area contributed by atoms with Crippen molar-refractivity contribution >= 4 is 6.21 Å². The molecule has 70 valence electrons. The van der Waals surface area contributed by atoms with E-state index < -0.39 is 0 Å². The lowest BCUT2D eigenvalue weighted by atomic mass is 9.85. The predicted molar refractivity (Wildman–Crippen MR) is 52.3 cm³/mol. The molecule has 3 heteroatoms. The summed E-state index contributed by atoms with van der Waals surface area (Å²) in [5.41, 5.74) is 12.2. The number of nitrogens with two attached hydrogens (primary N) is 1. The Labute approximate surface area is 78.1 Å². The van der Waals surface area contributed by atoms with E-state index in [2.05, 4.69) is 17.5 Å². The van der Waals surface area contributed by atoms with E-state index in [-0.39, 0.29) is 0 Å². The molecule has 3 aliphatic rings. The first kappa shape index (κ1) is 7.56. The summed E-state index contributed by atoms with van der Waals surface area (Å²) in [6, 6.07) is 0.822. The van der Waals surface area contributed by atoms with Crippen LogP contribution < -0.4 is 11.2 Å². The maximum Gasteiger partial charge on any atom is 0.0630 e. The highest BCUT2D eigenvalue weighted by atomic mass is 15.3. The monoisotopic (exact) mass is 177 g/mol. The summed E-state index contributed by atoms with van der Waals surface area (Å²) in [4.78, 5) is 0. The summed E-state index contributed by atoms with van der Waals surface area (Å²) < 4.78 is 0. The van der Waals surface area contributed by atoms with Gasteiger partial charge in [-0.15, -0.1) is 0 Å². The Balaban J connectivity index is 2.06. The minimum Gasteiger partial charge on any atom is -0.327 e. The minimum atomic E-state index is 0.389. The van der Waals surface area contributed by atoms with Gasteiger partial charge in [-0.3, -0.25) is 0 Å². The van der Waals surface area contributed by atoms with E-state index in [9.17, 15) is 0 Å². The lowest BCUT2D eigenvalue weighted by Crippen LogP contribution is -2.36. The van der Waals surface area contributed by atoms with E-state index >= 15 is 0 Å². The molecule has 0 aromatic heterocycles. The van der Waals surface area contributed by atoms with Crippen molar-refractivity contribution in [2.45, 2.75) is 31.8 Å². The van der Waals surface area contributed by atoms with Gasteiger partial charge in [0, 0.05) is 12.0 Å². The highest BCUT2D eigenvalue weighted by Crippen LogP contribution is 2.48. The lowest BCUT2D eigenvalue weighted by molar-refractivity contribution is 0.504. The second-order valence-electron chi connectivity index (χ2n) is 4.46. The molecule has 3 N–H and O–H groups in total. The molecule has 1 saturated carbocycles. The van der Waals surface area contributed by atoms with Crippen LogP contribution in [-0.2, 0) is 0 Å². The largest absolute Gasteiger partial charge is 0.327 e. The van der Waals surface area contributed by atoms with E-state index in [0.29, 0.717) is 18.0 Å². The average Bonchev–Trinajstić information content (AvgIpc) is 2.61. The summed E-state index contributed by atoms with van der Waals surface area (Å²) in [5, 5.41) is 4.17. The van der Waals surface area contributed by atoms with Crippen molar-refractivity contribution in [3.05, 3.63) is 11.1 Å². The Hall–Kier alpha value is -0.830. The molecule has 3 rings (SSSR count). The number of hydrazone groups is 1. The van der Waals surface area contributed by atoms with Gasteiger partial charge in [-0.25, -0.2) is 0 Å². The van der Waals surface area contributed by atoms with Crippen LogP contribution in [-0.4, -0.2) is 18.3 Å². The molecule has 2 bridgehead atoms. The second-order valence-corrected chi connectivity index (χ2v) is 4.46. The van der Waals surface area contributed by atoms with E-state index in [4.69, 9.17) is 5.73 Å². The molecule has 2 aliphatic carbocycles. The van der Waals surface area contributed by atoms with Crippen molar-refractivity contribution in [1.29, 1.82) is 0 Å². The van der Waals surface area contributed by atoms with Crippen LogP contribution in [0, 0.1) is 11.8 Å². The fourth-order valence-electron chi connectivity index (χ4n) is 3.19. The van der Waals surface area contributed by atoms with Gasteiger partial charge in [-0.05, 0) is 36.8 Å². The maximum absolute atomic E-state index is 6.06. The maximum atomic E-state index is 6.06. The zero-order chi connectivity index (χ0) is 9.00. The topological polar surface area (TPSA) is 50.4 Å². The Morgan fingerprint density at radius 1 is 1.54 bits per heavy atom. The highest BCUT2D eigenvalue weighted by molar-refractivity contribution is 5.83. The summed E-state index contributed by atoms with van der Waals surface area (Å²) >= 11 is 0. The summed E-state index contributed by atoms with van der Waals surface area (Å²) in [6.45, 7) is 2.19. The number of hydrogen-bond donors (Lipinski definition) is 2. The van der Waals surface area contributed by atoms with Crippen molar-refractivity contribution in [1.82, 2.24) is 5.43 Å². The van der Waals surface area contributed by atoms with Gasteiger partial charge in [-0.1, -0.05) is 0 Å². The third-order valence-electron chi connectivity index (χ3n) is 3.72. The standard InChI is InChI=1S/C10H15N3/c1-5-10-6-2-7(9(11)3-6)8(10)4-12-13-5/h4-7,9,13H,2-3,11H2,1H3. The average molecular weight is 177 g/mol. The molecule has 0 aromatic rings. The quantitative estimate of drug-likeness (QED) is 0.570. The van der Waals surface area contributed by atoms with Gasteiger partial charge in [0.25, 0.3) is 0 Å². The first-order chi connectivity index (χ1) is 6.27. The van der Waals surface area contributed by atoms with Gasteiger partial charge in [0.05, 0.1) is 12.3 Å². The van der Waals surface area contributed by atoms with Crippen LogP contribution in [0.15, 0.2) is 16.2 Å². The molecule has 0 radical (unpaired) electrons. The van der Waals surface area contributed by atoms with Crippen LogP contribution >= 0.6 is 0 Å². The van der Waals surface area contributed by atoms with Crippen molar-refractivity contribution in [3.63, 3.8) is 0 Å². The minimum absolute atomic E-state index is 0.389. The Morgan fingerprint density at radius 3 is 3.23 bits per heavy atom. The van der Waals surface area contributed by atoms with Gasteiger partial charge in [-0.2, -0.15) is 5.10 Å². The van der Waals surface area contributed by atoms with Gasteiger partial charge in [0.2, 0.25) is 0 Å². The summed E-state index contributed by atoms with van der Waals surface area (Å²) in [5.74, 6) is 1.34. The SMILES string of the molecule is CC1NN=CC2=C1C1CC(N)C2C1. The number of fused-ring (bicyclic) bond motifs is 4. The van der Waals surface area contributed by atoms with E-state index in [1.165, 1.54) is 18.4 Å². The molecule has 0 spiro atoms. The molecule has 0 saturated heterocycles. The van der Waals surface area contributed by atoms with Crippen molar-refractivity contribution in [2.75, 3.05) is 0 Å². The third kappa shape index (κ3) is 0.854. The van der Waals surface area contributed by atoms with Crippen LogP contribution in [0.4, 0.5) is 0 Å². The molecule has 1 heterocycles. The van der Waals surface area contributed by atoms with Gasteiger partial charge in [0.1, 0.15) is 0 Å². The molecule has 0 aromatic carbocycles. The first-order valence-electron chi connectivity index (χ1n) is 5.05. The van der Waals surface area contributed by atoms with Crippen LogP contribution in [0.3, 0.4) is 0 Å². The fourth-order valence-corrected chi connectivity index (χ4v) is 3.19. The van der Waals surface area contributed by atoms with Gasteiger partial charge in [0.15, 0.2) is 0 Å². The van der Waals surface area contributed by atoms with E-state index in [1.807, 2.05) is 6.21 Å². The molecule has 0 amide bonds. The number of nitrogens with zero attached hydrogens (tertiary/aromatic N) is 1. The lowest BCUT2D eigenvalue weighted by Gasteiger charge is -2.28. The molecular formula is C10H15N3. The number of rotatable bonds is 0. The molecule has 4 atom stereocenters. The van der Waals surface area contributed by atoms with E-state index in [1.54, 1.807) is 5.57 Å². The highest BCUT2D eigenvalue weighted by Gasteiger charge is 2.45. The normalized spacial score (nSPS) is 46.6. The van der Waals surface area contributed by atoms with Crippen molar-refractivity contribution < 1.29 is 0 Å². The number of nitrogens with one attached hydrogen (secondary N) is 1. The van der Waals surface area contributed by atoms with Crippen LogP contribution in [0.5, 0.6) is 0 Å². The molecule has 3 nitrogen and oxygen atoms in total. The summed E-state index contributed by atoms with van der Waals surface area (Å²) in [6.07, 6.45) is 4.44. The Kier molecular flexibility index (Phi) is 1.37. The zero-order valence-electron chi connectivity index (χ0n) is 7.83. The van der Waals surface area contributed by atoms with Gasteiger partial charge >= 0.3 is 0 Å². The van der Waals surface area contributed by atoms with Crippen molar-refractivity contribution in [3.8, 4) is 0 Å². The smallest absolute Gasteiger partial charge is 0.0630 e. The molecule has 4 unspecified atom stereocenters. The third-order valence-corrected chi connectivity index (χ3v) is 3.72. The van der Waals surface area contributed by atoms with Crippen LogP contribution in [0.25, 0.3) is 0 Å². The fraction of sp³-hybridized carbons (Fsp3) is 0.700. The van der Waals surface area contributed by atoms with Crippen molar-refractivity contribution in [2.24, 2.45) is 22.7 Å².